The van der Waals surface area contributed by atoms with Crippen LogP contribution in [-0.4, -0.2) is 48.8 Å². The Hall–Kier alpha value is -1.43. The lowest BCUT2D eigenvalue weighted by molar-refractivity contribution is -0.129. The van der Waals surface area contributed by atoms with E-state index in [2.05, 4.69) is 15.9 Å². The number of rotatable bonds is 5. The van der Waals surface area contributed by atoms with Crippen LogP contribution in [0.5, 0.6) is 0 Å². The standard InChI is InChI=1S/C14H18BrFN2O2/c1-4-7-18(9-13(19)17(2)3)14(20)11-6-5-10(16)8-12(11)15/h5-6,8H,4,7,9H2,1-3H3. The molecular weight excluding hydrogens is 327 g/mol. The zero-order valence-electron chi connectivity index (χ0n) is 11.8. The first-order valence-electron chi connectivity index (χ1n) is 6.31. The van der Waals surface area contributed by atoms with E-state index in [4.69, 9.17) is 0 Å². The molecule has 0 aliphatic carbocycles. The summed E-state index contributed by atoms with van der Waals surface area (Å²) in [5.41, 5.74) is 0.353. The van der Waals surface area contributed by atoms with Crippen molar-refractivity contribution in [2.75, 3.05) is 27.2 Å². The van der Waals surface area contributed by atoms with Gasteiger partial charge in [0.15, 0.2) is 0 Å². The van der Waals surface area contributed by atoms with Crippen LogP contribution in [-0.2, 0) is 4.79 Å². The normalized spacial score (nSPS) is 10.2. The average molecular weight is 345 g/mol. The van der Waals surface area contributed by atoms with Crippen LogP contribution >= 0.6 is 15.9 Å². The number of carbonyl (C=O) groups excluding carboxylic acids is 2. The molecule has 0 aliphatic heterocycles. The van der Waals surface area contributed by atoms with Crippen LogP contribution in [0.25, 0.3) is 0 Å². The van der Waals surface area contributed by atoms with Crippen molar-refractivity contribution in [3.8, 4) is 0 Å². The topological polar surface area (TPSA) is 40.6 Å². The minimum Gasteiger partial charge on any atom is -0.347 e. The van der Waals surface area contributed by atoms with E-state index >= 15 is 0 Å². The molecule has 0 N–H and O–H groups in total. The van der Waals surface area contributed by atoms with Crippen molar-refractivity contribution in [3.63, 3.8) is 0 Å². The molecule has 1 aromatic carbocycles. The highest BCUT2D eigenvalue weighted by Gasteiger charge is 2.21. The molecule has 110 valence electrons. The second-order valence-corrected chi connectivity index (χ2v) is 5.49. The molecular formula is C14H18BrFN2O2. The zero-order valence-corrected chi connectivity index (χ0v) is 13.4. The van der Waals surface area contributed by atoms with Gasteiger partial charge in [0.1, 0.15) is 12.4 Å². The lowest BCUT2D eigenvalue weighted by Gasteiger charge is -2.23. The summed E-state index contributed by atoms with van der Waals surface area (Å²) < 4.78 is 13.5. The summed E-state index contributed by atoms with van der Waals surface area (Å²) in [5.74, 6) is -0.848. The van der Waals surface area contributed by atoms with Gasteiger partial charge < -0.3 is 9.80 Å². The van der Waals surface area contributed by atoms with E-state index in [-0.39, 0.29) is 18.4 Å². The second-order valence-electron chi connectivity index (χ2n) is 4.64. The van der Waals surface area contributed by atoms with Gasteiger partial charge >= 0.3 is 0 Å². The van der Waals surface area contributed by atoms with Crippen LogP contribution < -0.4 is 0 Å². The van der Waals surface area contributed by atoms with E-state index in [1.807, 2.05) is 6.92 Å². The number of amides is 2. The van der Waals surface area contributed by atoms with E-state index in [0.29, 0.717) is 16.6 Å². The second kappa shape index (κ2) is 7.38. The molecule has 6 heteroatoms. The number of nitrogens with zero attached hydrogens (tertiary/aromatic N) is 2. The van der Waals surface area contributed by atoms with E-state index in [9.17, 15) is 14.0 Å². The summed E-state index contributed by atoms with van der Waals surface area (Å²) in [4.78, 5) is 27.1. The van der Waals surface area contributed by atoms with E-state index in [0.717, 1.165) is 6.42 Å². The third kappa shape index (κ3) is 4.30. The number of hydrogen-bond donors (Lipinski definition) is 0. The smallest absolute Gasteiger partial charge is 0.255 e. The molecule has 0 radical (unpaired) electrons. The molecule has 0 atom stereocenters. The van der Waals surface area contributed by atoms with Crippen molar-refractivity contribution < 1.29 is 14.0 Å². The third-order valence-electron chi connectivity index (χ3n) is 2.77. The van der Waals surface area contributed by atoms with Gasteiger partial charge in [-0.2, -0.15) is 0 Å². The average Bonchev–Trinajstić information content (AvgIpc) is 2.37. The molecule has 0 spiro atoms. The maximum Gasteiger partial charge on any atom is 0.255 e. The van der Waals surface area contributed by atoms with Crippen molar-refractivity contribution in [1.29, 1.82) is 0 Å². The van der Waals surface area contributed by atoms with Crippen LogP contribution in [0, 0.1) is 5.82 Å². The van der Waals surface area contributed by atoms with Crippen molar-refractivity contribution in [2.45, 2.75) is 13.3 Å². The Balaban J connectivity index is 2.96. The quantitative estimate of drug-likeness (QED) is 0.823. The van der Waals surface area contributed by atoms with E-state index in [1.54, 1.807) is 14.1 Å². The lowest BCUT2D eigenvalue weighted by Crippen LogP contribution is -2.40. The minimum absolute atomic E-state index is 0.0174. The summed E-state index contributed by atoms with van der Waals surface area (Å²) in [6, 6.07) is 3.89. The SMILES string of the molecule is CCCN(CC(=O)N(C)C)C(=O)c1ccc(F)cc1Br. The molecule has 0 aromatic heterocycles. The first kappa shape index (κ1) is 16.6. The highest BCUT2D eigenvalue weighted by molar-refractivity contribution is 9.10. The largest absolute Gasteiger partial charge is 0.347 e. The number of hydrogen-bond acceptors (Lipinski definition) is 2. The lowest BCUT2D eigenvalue weighted by atomic mass is 10.2. The van der Waals surface area contributed by atoms with Gasteiger partial charge in [-0.15, -0.1) is 0 Å². The Kier molecular flexibility index (Phi) is 6.13. The monoisotopic (exact) mass is 344 g/mol. The molecule has 2 amide bonds. The van der Waals surface area contributed by atoms with Gasteiger partial charge in [0.2, 0.25) is 5.91 Å². The minimum atomic E-state index is -0.417. The molecule has 20 heavy (non-hydrogen) atoms. The number of benzene rings is 1. The molecule has 0 aliphatic rings. The van der Waals surface area contributed by atoms with Gasteiger partial charge in [0.05, 0.1) is 5.56 Å². The summed E-state index contributed by atoms with van der Waals surface area (Å²) in [5, 5.41) is 0. The molecule has 0 bridgehead atoms. The first-order valence-corrected chi connectivity index (χ1v) is 7.10. The number of halogens is 2. The van der Waals surface area contributed by atoms with E-state index in [1.165, 1.54) is 28.0 Å². The van der Waals surface area contributed by atoms with Gasteiger partial charge in [-0.3, -0.25) is 9.59 Å². The molecule has 0 fully saturated rings. The van der Waals surface area contributed by atoms with Gasteiger partial charge in [-0.25, -0.2) is 4.39 Å². The van der Waals surface area contributed by atoms with Crippen LogP contribution in [0.1, 0.15) is 23.7 Å². The Bertz CT molecular complexity index is 506. The Morgan fingerprint density at radius 2 is 1.95 bits per heavy atom. The number of likely N-dealkylation sites (N-methyl/N-ethyl adjacent to an activating group) is 1. The molecule has 0 saturated heterocycles. The fraction of sp³-hybridized carbons (Fsp3) is 0.429. The molecule has 0 unspecified atom stereocenters. The Morgan fingerprint density at radius 3 is 2.45 bits per heavy atom. The summed E-state index contributed by atoms with van der Waals surface area (Å²) in [7, 11) is 3.29. The van der Waals surface area contributed by atoms with E-state index < -0.39 is 5.82 Å². The molecule has 1 aromatic rings. The highest BCUT2D eigenvalue weighted by atomic mass is 79.9. The maximum absolute atomic E-state index is 13.1. The van der Waals surface area contributed by atoms with Gasteiger partial charge in [-0.05, 0) is 40.5 Å². The Labute approximate surface area is 126 Å². The third-order valence-corrected chi connectivity index (χ3v) is 3.42. The van der Waals surface area contributed by atoms with Crippen LogP contribution in [0.3, 0.4) is 0 Å². The first-order chi connectivity index (χ1) is 9.36. The van der Waals surface area contributed by atoms with Crippen molar-refractivity contribution in [2.24, 2.45) is 0 Å². The molecule has 0 heterocycles. The number of carbonyl (C=O) groups is 2. The van der Waals surface area contributed by atoms with Crippen molar-refractivity contribution in [3.05, 3.63) is 34.1 Å². The summed E-state index contributed by atoms with van der Waals surface area (Å²) in [6.07, 6.45) is 0.741. The van der Waals surface area contributed by atoms with Crippen LogP contribution in [0.15, 0.2) is 22.7 Å². The predicted octanol–water partition coefficient (Wildman–Crippen LogP) is 2.53. The highest BCUT2D eigenvalue weighted by Crippen LogP contribution is 2.20. The molecule has 0 saturated carbocycles. The summed E-state index contributed by atoms with van der Waals surface area (Å²) in [6.45, 7) is 2.42. The fourth-order valence-corrected chi connectivity index (χ4v) is 2.18. The van der Waals surface area contributed by atoms with Crippen LogP contribution in [0.4, 0.5) is 4.39 Å². The Morgan fingerprint density at radius 1 is 1.30 bits per heavy atom. The fourth-order valence-electron chi connectivity index (χ4n) is 1.66. The van der Waals surface area contributed by atoms with Crippen molar-refractivity contribution >= 4 is 27.7 Å². The van der Waals surface area contributed by atoms with Gasteiger partial charge in [0.25, 0.3) is 5.91 Å². The maximum atomic E-state index is 13.1. The molecule has 4 nitrogen and oxygen atoms in total. The van der Waals surface area contributed by atoms with Crippen molar-refractivity contribution in [1.82, 2.24) is 9.80 Å². The van der Waals surface area contributed by atoms with Gasteiger partial charge in [0, 0.05) is 25.1 Å². The molecule has 1 rings (SSSR count). The zero-order chi connectivity index (χ0) is 15.3. The van der Waals surface area contributed by atoms with Gasteiger partial charge in [-0.1, -0.05) is 6.92 Å². The summed E-state index contributed by atoms with van der Waals surface area (Å²) >= 11 is 3.18. The van der Waals surface area contributed by atoms with Crippen LogP contribution in [0.2, 0.25) is 0 Å². The predicted molar refractivity (Wildman–Crippen MR) is 79.0 cm³/mol.